The minimum absolute atomic E-state index is 0.00551. The summed E-state index contributed by atoms with van der Waals surface area (Å²) in [6.45, 7) is 0. The molecule has 2 aromatic rings. The van der Waals surface area contributed by atoms with Crippen LogP contribution in [-0.2, 0) is 33.2 Å². The van der Waals surface area contributed by atoms with Gasteiger partial charge in [-0.3, -0.25) is 4.79 Å². The van der Waals surface area contributed by atoms with Gasteiger partial charge in [0.05, 0.1) is 17.1 Å². The number of carboxylic acid groups (broad SMARTS) is 1. The first kappa shape index (κ1) is 13.8. The van der Waals surface area contributed by atoms with Crippen LogP contribution in [0.1, 0.15) is 22.3 Å². The largest absolute Gasteiger partial charge is 0.481 e. The van der Waals surface area contributed by atoms with Gasteiger partial charge >= 0.3 is 5.97 Å². The van der Waals surface area contributed by atoms with Crippen molar-refractivity contribution in [1.29, 1.82) is 0 Å². The van der Waals surface area contributed by atoms with E-state index in [9.17, 15) is 13.2 Å². The second kappa shape index (κ2) is 5.00. The van der Waals surface area contributed by atoms with E-state index in [0.717, 1.165) is 11.1 Å². The Labute approximate surface area is 123 Å². The van der Waals surface area contributed by atoms with Crippen LogP contribution in [-0.4, -0.2) is 19.5 Å². The molecule has 2 aromatic carbocycles. The first-order valence-electron chi connectivity index (χ1n) is 6.59. The van der Waals surface area contributed by atoms with Crippen molar-refractivity contribution < 1.29 is 18.3 Å². The molecule has 0 radical (unpaired) electrons. The molecule has 108 valence electrons. The fourth-order valence-electron chi connectivity index (χ4n) is 2.72. The Morgan fingerprint density at radius 2 is 1.76 bits per heavy atom. The standard InChI is InChI=1S/C16H14O4S/c17-16(18)8-11-5-6-15-14(7-11)9-12-3-1-2-4-13(12)10-21(15,19)20/h1-7H,8-10H2,(H,17,18). The van der Waals surface area contributed by atoms with Crippen molar-refractivity contribution in [2.24, 2.45) is 0 Å². The zero-order valence-corrected chi connectivity index (χ0v) is 12.1. The summed E-state index contributed by atoms with van der Waals surface area (Å²) in [5.74, 6) is -0.930. The third-order valence-electron chi connectivity index (χ3n) is 3.66. The lowest BCUT2D eigenvalue weighted by atomic mass is 9.99. The molecule has 0 bridgehead atoms. The summed E-state index contributed by atoms with van der Waals surface area (Å²) in [5.41, 5.74) is 3.09. The van der Waals surface area contributed by atoms with Crippen LogP contribution in [0.3, 0.4) is 0 Å². The number of carboxylic acids is 1. The molecule has 0 saturated heterocycles. The third kappa shape index (κ3) is 2.69. The average molecular weight is 302 g/mol. The number of fused-ring (bicyclic) bond motifs is 2. The Balaban J connectivity index is 2.15. The third-order valence-corrected chi connectivity index (χ3v) is 5.42. The highest BCUT2D eigenvalue weighted by Crippen LogP contribution is 2.30. The summed E-state index contributed by atoms with van der Waals surface area (Å²) in [7, 11) is -3.38. The van der Waals surface area contributed by atoms with Crippen LogP contribution < -0.4 is 0 Å². The molecule has 21 heavy (non-hydrogen) atoms. The first-order chi connectivity index (χ1) is 9.95. The predicted octanol–water partition coefficient (Wildman–Crippen LogP) is 2.19. The van der Waals surface area contributed by atoms with Crippen molar-refractivity contribution in [2.45, 2.75) is 23.5 Å². The summed E-state index contributed by atoms with van der Waals surface area (Å²) in [6.07, 6.45) is 0.410. The average Bonchev–Trinajstić information content (AvgIpc) is 2.50. The van der Waals surface area contributed by atoms with Gasteiger partial charge in [-0.1, -0.05) is 36.4 Å². The normalized spacial score (nSPS) is 15.6. The highest BCUT2D eigenvalue weighted by Gasteiger charge is 2.25. The minimum atomic E-state index is -3.38. The molecule has 3 rings (SSSR count). The lowest BCUT2D eigenvalue weighted by molar-refractivity contribution is -0.136. The number of benzene rings is 2. The molecule has 0 unspecified atom stereocenters. The van der Waals surface area contributed by atoms with E-state index in [1.54, 1.807) is 12.1 Å². The minimum Gasteiger partial charge on any atom is -0.481 e. The van der Waals surface area contributed by atoms with Gasteiger partial charge < -0.3 is 5.11 Å². The molecule has 4 nitrogen and oxygen atoms in total. The summed E-state index contributed by atoms with van der Waals surface area (Å²) < 4.78 is 24.9. The Kier molecular flexibility index (Phi) is 3.29. The maximum atomic E-state index is 12.5. The molecule has 1 aliphatic heterocycles. The van der Waals surface area contributed by atoms with Crippen molar-refractivity contribution in [3.05, 3.63) is 64.7 Å². The maximum Gasteiger partial charge on any atom is 0.307 e. The number of carbonyl (C=O) groups is 1. The maximum absolute atomic E-state index is 12.5. The molecule has 0 amide bonds. The molecule has 0 fully saturated rings. The highest BCUT2D eigenvalue weighted by molar-refractivity contribution is 7.90. The van der Waals surface area contributed by atoms with Crippen LogP contribution in [0.5, 0.6) is 0 Å². The number of hydrogen-bond donors (Lipinski definition) is 1. The van der Waals surface area contributed by atoms with E-state index in [4.69, 9.17) is 5.11 Å². The topological polar surface area (TPSA) is 71.4 Å². The van der Waals surface area contributed by atoms with E-state index >= 15 is 0 Å². The monoisotopic (exact) mass is 302 g/mol. The molecule has 0 aliphatic carbocycles. The molecule has 1 heterocycles. The summed E-state index contributed by atoms with van der Waals surface area (Å²) in [6, 6.07) is 12.3. The van der Waals surface area contributed by atoms with Gasteiger partial charge in [0.2, 0.25) is 0 Å². The van der Waals surface area contributed by atoms with Crippen molar-refractivity contribution in [1.82, 2.24) is 0 Å². The van der Waals surface area contributed by atoms with Crippen LogP contribution in [0.25, 0.3) is 0 Å². The Bertz CT molecular complexity index is 822. The van der Waals surface area contributed by atoms with E-state index in [1.165, 1.54) is 6.07 Å². The van der Waals surface area contributed by atoms with E-state index in [2.05, 4.69) is 0 Å². The van der Waals surface area contributed by atoms with E-state index in [-0.39, 0.29) is 12.2 Å². The van der Waals surface area contributed by atoms with Gasteiger partial charge in [-0.2, -0.15) is 0 Å². The lowest BCUT2D eigenvalue weighted by Crippen LogP contribution is -2.06. The van der Waals surface area contributed by atoms with E-state index in [0.29, 0.717) is 22.4 Å². The zero-order chi connectivity index (χ0) is 15.0. The van der Waals surface area contributed by atoms with E-state index < -0.39 is 15.8 Å². The van der Waals surface area contributed by atoms with Crippen molar-refractivity contribution in [3.63, 3.8) is 0 Å². The summed E-state index contributed by atoms with van der Waals surface area (Å²) >= 11 is 0. The molecule has 0 spiro atoms. The van der Waals surface area contributed by atoms with Gasteiger partial charge in [0.1, 0.15) is 0 Å². The summed E-state index contributed by atoms with van der Waals surface area (Å²) in [5, 5.41) is 8.87. The Morgan fingerprint density at radius 1 is 1.05 bits per heavy atom. The highest BCUT2D eigenvalue weighted by atomic mass is 32.2. The Hall–Kier alpha value is -2.14. The van der Waals surface area contributed by atoms with Crippen molar-refractivity contribution >= 4 is 15.8 Å². The quantitative estimate of drug-likeness (QED) is 0.923. The predicted molar refractivity (Wildman–Crippen MR) is 77.9 cm³/mol. The number of hydrogen-bond acceptors (Lipinski definition) is 3. The number of rotatable bonds is 2. The van der Waals surface area contributed by atoms with Crippen LogP contribution in [0.2, 0.25) is 0 Å². The van der Waals surface area contributed by atoms with Gasteiger partial charge in [0.15, 0.2) is 9.84 Å². The van der Waals surface area contributed by atoms with Crippen LogP contribution in [0.15, 0.2) is 47.4 Å². The molecule has 0 saturated carbocycles. The number of sulfone groups is 1. The smallest absolute Gasteiger partial charge is 0.307 e. The zero-order valence-electron chi connectivity index (χ0n) is 11.2. The fourth-order valence-corrected chi connectivity index (χ4v) is 4.37. The molecule has 0 atom stereocenters. The fraction of sp³-hybridized carbons (Fsp3) is 0.188. The molecular weight excluding hydrogens is 288 g/mol. The van der Waals surface area contributed by atoms with Crippen LogP contribution >= 0.6 is 0 Å². The van der Waals surface area contributed by atoms with Gasteiger partial charge in [-0.25, -0.2) is 8.42 Å². The second-order valence-corrected chi connectivity index (χ2v) is 7.18. The molecule has 0 aromatic heterocycles. The van der Waals surface area contributed by atoms with Gasteiger partial charge in [-0.15, -0.1) is 0 Å². The first-order valence-corrected chi connectivity index (χ1v) is 8.24. The molecule has 1 aliphatic rings. The van der Waals surface area contributed by atoms with E-state index in [1.807, 2.05) is 24.3 Å². The molecule has 1 N–H and O–H groups in total. The van der Waals surface area contributed by atoms with Gasteiger partial charge in [0, 0.05) is 0 Å². The van der Waals surface area contributed by atoms with Crippen molar-refractivity contribution in [2.75, 3.05) is 0 Å². The SMILES string of the molecule is O=C(O)Cc1ccc2c(c1)Cc1ccccc1CS2(=O)=O. The summed E-state index contributed by atoms with van der Waals surface area (Å²) in [4.78, 5) is 11.1. The second-order valence-electron chi connectivity index (χ2n) is 5.22. The van der Waals surface area contributed by atoms with Crippen molar-refractivity contribution in [3.8, 4) is 0 Å². The van der Waals surface area contributed by atoms with Gasteiger partial charge in [0.25, 0.3) is 0 Å². The van der Waals surface area contributed by atoms with Crippen LogP contribution in [0, 0.1) is 0 Å². The molecule has 5 heteroatoms. The Morgan fingerprint density at radius 3 is 2.48 bits per heavy atom. The lowest BCUT2D eigenvalue weighted by Gasteiger charge is -2.08. The van der Waals surface area contributed by atoms with Gasteiger partial charge in [-0.05, 0) is 34.7 Å². The van der Waals surface area contributed by atoms with Crippen LogP contribution in [0.4, 0.5) is 0 Å². The molecular formula is C16H14O4S. The number of aliphatic carboxylic acids is 1.